The van der Waals surface area contributed by atoms with E-state index in [4.69, 9.17) is 9.72 Å². The van der Waals surface area contributed by atoms with E-state index < -0.39 is 23.8 Å². The van der Waals surface area contributed by atoms with Gasteiger partial charge in [0.05, 0.1) is 41.0 Å². The van der Waals surface area contributed by atoms with E-state index in [1.807, 2.05) is 20.8 Å². The van der Waals surface area contributed by atoms with Gasteiger partial charge in [-0.3, -0.25) is 9.36 Å². The molecule has 1 N–H and O–H groups in total. The standard InChI is InChI=1S/C31H33F3N4O3/c1-5-25(37(19-18-20(2)3)30(40)36-24-15-9-7-13-22(24)31(32,33)34)28-35-23-14-8-6-12-21(23)29(39)38(28)26-16-10-11-17-27(26)41-4/h6-17,20,25H,5,18-19H2,1-4H3,(H,36,40). The number of anilines is 1. The third-order valence-corrected chi connectivity index (χ3v) is 6.87. The highest BCUT2D eigenvalue weighted by Crippen LogP contribution is 2.36. The fraction of sp³-hybridized carbons (Fsp3) is 0.323. The summed E-state index contributed by atoms with van der Waals surface area (Å²) in [5.41, 5.74) is -0.745. The Morgan fingerprint density at radius 1 is 1.02 bits per heavy atom. The summed E-state index contributed by atoms with van der Waals surface area (Å²) < 4.78 is 48.2. The Hall–Kier alpha value is -4.34. The van der Waals surface area contributed by atoms with E-state index in [1.165, 1.54) is 34.8 Å². The number of carbonyl (C=O) groups excluding carboxylic acids is 1. The first-order valence-corrected chi connectivity index (χ1v) is 13.5. The number of fused-ring (bicyclic) bond motifs is 1. The number of nitrogens with one attached hydrogen (secondary N) is 1. The number of halogens is 3. The predicted molar refractivity (Wildman–Crippen MR) is 154 cm³/mol. The molecule has 1 unspecified atom stereocenters. The Morgan fingerprint density at radius 2 is 1.68 bits per heavy atom. The van der Waals surface area contributed by atoms with Crippen LogP contribution in [0.3, 0.4) is 0 Å². The van der Waals surface area contributed by atoms with E-state index in [-0.39, 0.29) is 29.5 Å². The van der Waals surface area contributed by atoms with Crippen molar-refractivity contribution >= 4 is 22.6 Å². The van der Waals surface area contributed by atoms with Crippen molar-refractivity contribution in [3.05, 3.63) is 94.5 Å². The maximum absolute atomic E-state index is 14.0. The Kier molecular flexibility index (Phi) is 9.00. The van der Waals surface area contributed by atoms with Gasteiger partial charge in [0.25, 0.3) is 5.56 Å². The first-order valence-electron chi connectivity index (χ1n) is 13.5. The van der Waals surface area contributed by atoms with Crippen LogP contribution in [-0.4, -0.2) is 34.1 Å². The first-order chi connectivity index (χ1) is 19.6. The molecule has 0 spiro atoms. The number of aromatic nitrogens is 2. The molecule has 0 aliphatic heterocycles. The zero-order valence-corrected chi connectivity index (χ0v) is 23.4. The number of rotatable bonds is 9. The number of methoxy groups -OCH3 is 1. The smallest absolute Gasteiger partial charge is 0.418 e. The van der Waals surface area contributed by atoms with Gasteiger partial charge in [-0.25, -0.2) is 9.78 Å². The average molecular weight is 567 g/mol. The van der Waals surface area contributed by atoms with E-state index in [1.54, 1.807) is 48.5 Å². The molecule has 10 heteroatoms. The van der Waals surface area contributed by atoms with Gasteiger partial charge in [-0.1, -0.05) is 57.2 Å². The maximum atomic E-state index is 14.0. The number of ether oxygens (including phenoxy) is 1. The maximum Gasteiger partial charge on any atom is 0.418 e. The molecule has 4 rings (SSSR count). The number of carbonyl (C=O) groups is 1. The van der Waals surface area contributed by atoms with Gasteiger partial charge in [0, 0.05) is 6.54 Å². The molecule has 1 aromatic heterocycles. The Bertz CT molecular complexity index is 1580. The van der Waals surface area contributed by atoms with Crippen molar-refractivity contribution in [3.8, 4) is 11.4 Å². The summed E-state index contributed by atoms with van der Waals surface area (Å²) >= 11 is 0. The van der Waals surface area contributed by atoms with Gasteiger partial charge in [-0.15, -0.1) is 0 Å². The Morgan fingerprint density at radius 3 is 2.37 bits per heavy atom. The fourth-order valence-electron chi connectivity index (χ4n) is 4.79. The van der Waals surface area contributed by atoms with Gasteiger partial charge in [0.1, 0.15) is 11.6 Å². The molecule has 0 fully saturated rings. The van der Waals surface area contributed by atoms with Crippen molar-refractivity contribution < 1.29 is 22.7 Å². The van der Waals surface area contributed by atoms with Gasteiger partial charge in [-0.2, -0.15) is 13.2 Å². The van der Waals surface area contributed by atoms with E-state index in [0.29, 0.717) is 35.2 Å². The molecule has 41 heavy (non-hydrogen) atoms. The highest BCUT2D eigenvalue weighted by molar-refractivity contribution is 5.90. The van der Waals surface area contributed by atoms with E-state index in [2.05, 4.69) is 5.32 Å². The lowest BCUT2D eigenvalue weighted by Crippen LogP contribution is -2.42. The van der Waals surface area contributed by atoms with Crippen LogP contribution in [0.25, 0.3) is 16.6 Å². The molecule has 216 valence electrons. The summed E-state index contributed by atoms with van der Waals surface area (Å²) in [4.78, 5) is 34.1. The number of hydrogen-bond donors (Lipinski definition) is 1. The molecule has 0 aliphatic rings. The Balaban J connectivity index is 1.90. The van der Waals surface area contributed by atoms with Crippen LogP contribution in [-0.2, 0) is 6.18 Å². The molecular weight excluding hydrogens is 533 g/mol. The second-order valence-corrected chi connectivity index (χ2v) is 10.1. The van der Waals surface area contributed by atoms with Crippen LogP contribution in [0.1, 0.15) is 51.0 Å². The average Bonchev–Trinajstić information content (AvgIpc) is 2.95. The predicted octanol–water partition coefficient (Wildman–Crippen LogP) is 7.44. The summed E-state index contributed by atoms with van der Waals surface area (Å²) in [6.45, 7) is 6.06. The van der Waals surface area contributed by atoms with Crippen molar-refractivity contribution in [1.82, 2.24) is 14.5 Å². The largest absolute Gasteiger partial charge is 0.495 e. The van der Waals surface area contributed by atoms with Crippen LogP contribution in [0.15, 0.2) is 77.6 Å². The summed E-state index contributed by atoms with van der Waals surface area (Å²) in [6.07, 6.45) is -3.73. The van der Waals surface area contributed by atoms with Crippen LogP contribution in [0.5, 0.6) is 5.75 Å². The molecule has 0 aliphatic carbocycles. The third kappa shape index (κ3) is 6.37. The van der Waals surface area contributed by atoms with Gasteiger partial charge < -0.3 is 15.0 Å². The van der Waals surface area contributed by atoms with Gasteiger partial charge in [0.15, 0.2) is 0 Å². The van der Waals surface area contributed by atoms with Gasteiger partial charge >= 0.3 is 12.2 Å². The Labute approximate surface area is 236 Å². The highest BCUT2D eigenvalue weighted by Gasteiger charge is 2.35. The van der Waals surface area contributed by atoms with Crippen LogP contribution >= 0.6 is 0 Å². The van der Waals surface area contributed by atoms with Gasteiger partial charge in [0.2, 0.25) is 0 Å². The molecule has 7 nitrogen and oxygen atoms in total. The van der Waals surface area contributed by atoms with E-state index in [9.17, 15) is 22.8 Å². The number of alkyl halides is 3. The summed E-state index contributed by atoms with van der Waals surface area (Å²) in [5, 5.41) is 2.87. The quantitative estimate of drug-likeness (QED) is 0.228. The lowest BCUT2D eigenvalue weighted by molar-refractivity contribution is -0.136. The number of urea groups is 1. The molecule has 4 aromatic rings. The molecule has 0 bridgehead atoms. The number of amides is 2. The molecular formula is C31H33F3N4O3. The van der Waals surface area contributed by atoms with Crippen molar-refractivity contribution in [3.63, 3.8) is 0 Å². The topological polar surface area (TPSA) is 76.5 Å². The molecule has 0 radical (unpaired) electrons. The summed E-state index contributed by atoms with van der Waals surface area (Å²) in [7, 11) is 1.50. The van der Waals surface area contributed by atoms with Crippen LogP contribution in [0, 0.1) is 5.92 Å². The number of nitrogens with zero attached hydrogens (tertiary/aromatic N) is 3. The number of hydrogen-bond acceptors (Lipinski definition) is 4. The summed E-state index contributed by atoms with van der Waals surface area (Å²) in [5.74, 6) is 0.912. The lowest BCUT2D eigenvalue weighted by Gasteiger charge is -2.33. The van der Waals surface area contributed by atoms with Crippen molar-refractivity contribution in [2.75, 3.05) is 19.0 Å². The minimum atomic E-state index is -4.65. The SMILES string of the molecule is CCC(c1nc2ccccc2c(=O)n1-c1ccccc1OC)N(CCC(C)C)C(=O)Nc1ccccc1C(F)(F)F. The molecule has 3 aromatic carbocycles. The second kappa shape index (κ2) is 12.4. The van der Waals surface area contributed by atoms with E-state index >= 15 is 0 Å². The van der Waals surface area contributed by atoms with Crippen molar-refractivity contribution in [1.29, 1.82) is 0 Å². The van der Waals surface area contributed by atoms with Crippen LogP contribution in [0.2, 0.25) is 0 Å². The van der Waals surface area contributed by atoms with Crippen molar-refractivity contribution in [2.45, 2.75) is 45.8 Å². The normalized spacial score (nSPS) is 12.4. The van der Waals surface area contributed by atoms with Crippen molar-refractivity contribution in [2.24, 2.45) is 5.92 Å². The summed E-state index contributed by atoms with van der Waals surface area (Å²) in [6, 6.07) is 17.3. The number of benzene rings is 3. The molecule has 2 amide bonds. The minimum absolute atomic E-state index is 0.200. The van der Waals surface area contributed by atoms with Crippen LogP contribution < -0.4 is 15.6 Å². The fourth-order valence-corrected chi connectivity index (χ4v) is 4.79. The zero-order chi connectivity index (χ0) is 29.7. The number of para-hydroxylation sites is 4. The third-order valence-electron chi connectivity index (χ3n) is 6.87. The lowest BCUT2D eigenvalue weighted by atomic mass is 10.1. The molecule has 1 heterocycles. The minimum Gasteiger partial charge on any atom is -0.495 e. The monoisotopic (exact) mass is 566 g/mol. The highest BCUT2D eigenvalue weighted by atomic mass is 19.4. The first kappa shape index (κ1) is 29.6. The molecule has 1 atom stereocenters. The van der Waals surface area contributed by atoms with E-state index in [0.717, 1.165) is 6.07 Å². The molecule has 0 saturated carbocycles. The zero-order valence-electron chi connectivity index (χ0n) is 23.4. The molecule has 0 saturated heterocycles. The van der Waals surface area contributed by atoms with Crippen LogP contribution in [0.4, 0.5) is 23.7 Å². The van der Waals surface area contributed by atoms with Gasteiger partial charge in [-0.05, 0) is 55.2 Å². The second-order valence-electron chi connectivity index (χ2n) is 10.1.